The number of esters is 1. The highest BCUT2D eigenvalue weighted by Gasteiger charge is 2.25. The fourth-order valence-corrected chi connectivity index (χ4v) is 2.16. The van der Waals surface area contributed by atoms with Crippen molar-refractivity contribution in [3.63, 3.8) is 0 Å². The van der Waals surface area contributed by atoms with Gasteiger partial charge < -0.3 is 15.0 Å². The zero-order valence-electron chi connectivity index (χ0n) is 9.87. The molecule has 1 heterocycles. The Bertz CT molecular complexity index is 437. The Hall–Kier alpha value is -1.23. The van der Waals surface area contributed by atoms with E-state index in [4.69, 9.17) is 4.74 Å². The molecule has 1 aromatic rings. The van der Waals surface area contributed by atoms with Gasteiger partial charge in [0.2, 0.25) is 0 Å². The second kappa shape index (κ2) is 4.96. The Kier molecular flexibility index (Phi) is 3.57. The molecule has 5 heteroatoms. The zero-order valence-corrected chi connectivity index (χ0v) is 11.5. The quantitative estimate of drug-likeness (QED) is 0.852. The van der Waals surface area contributed by atoms with Gasteiger partial charge in [-0.1, -0.05) is 22.9 Å². The number of ether oxygens (including phenoxy) is 1. The molecule has 0 unspecified atom stereocenters. The molecule has 1 aliphatic rings. The summed E-state index contributed by atoms with van der Waals surface area (Å²) in [7, 11) is 1.93. The molecule has 92 valence electrons. The summed E-state index contributed by atoms with van der Waals surface area (Å²) in [5.74, 6) is -0.177. The summed E-state index contributed by atoms with van der Waals surface area (Å²) in [4.78, 5) is 13.3. The van der Waals surface area contributed by atoms with Crippen molar-refractivity contribution in [2.45, 2.75) is 19.6 Å². The van der Waals surface area contributed by atoms with Crippen LogP contribution in [0, 0.1) is 0 Å². The number of nitrogens with one attached hydrogen (secondary N) is 1. The van der Waals surface area contributed by atoms with E-state index < -0.39 is 0 Å². The molecule has 1 atom stereocenters. The fourth-order valence-electron chi connectivity index (χ4n) is 1.80. The van der Waals surface area contributed by atoms with Crippen LogP contribution in [-0.4, -0.2) is 25.8 Å². The number of halogens is 1. The predicted molar refractivity (Wildman–Crippen MR) is 71.2 cm³/mol. The van der Waals surface area contributed by atoms with Gasteiger partial charge in [-0.3, -0.25) is 4.79 Å². The Morgan fingerprint density at radius 1 is 1.65 bits per heavy atom. The molecule has 17 heavy (non-hydrogen) atoms. The van der Waals surface area contributed by atoms with Crippen molar-refractivity contribution in [1.82, 2.24) is 0 Å². The molecule has 0 aliphatic carbocycles. The van der Waals surface area contributed by atoms with Gasteiger partial charge in [-0.25, -0.2) is 0 Å². The highest BCUT2D eigenvalue weighted by atomic mass is 79.9. The largest absolute Gasteiger partial charge is 0.440 e. The Balaban J connectivity index is 2.18. The first kappa shape index (κ1) is 12.2. The van der Waals surface area contributed by atoms with Crippen LogP contribution in [0.1, 0.15) is 13.3 Å². The molecule has 0 saturated carbocycles. The lowest BCUT2D eigenvalue weighted by Gasteiger charge is -2.35. The number of carbonyl (C=O) groups excluding carboxylic acids is 1. The maximum Gasteiger partial charge on any atom is 0.307 e. The molecular weight excluding hydrogens is 284 g/mol. The normalized spacial score (nSPS) is 18.3. The molecule has 0 saturated heterocycles. The van der Waals surface area contributed by atoms with Crippen LogP contribution in [0.25, 0.3) is 0 Å². The summed E-state index contributed by atoms with van der Waals surface area (Å²) >= 11 is 3.43. The monoisotopic (exact) mass is 298 g/mol. The lowest BCUT2D eigenvalue weighted by molar-refractivity contribution is -0.148. The smallest absolute Gasteiger partial charge is 0.307 e. The molecule has 1 aromatic carbocycles. The van der Waals surface area contributed by atoms with Crippen LogP contribution in [0.4, 0.5) is 11.4 Å². The average molecular weight is 299 g/mol. The van der Waals surface area contributed by atoms with E-state index in [2.05, 4.69) is 21.2 Å². The highest BCUT2D eigenvalue weighted by Crippen LogP contribution is 2.33. The molecule has 1 aliphatic heterocycles. The van der Waals surface area contributed by atoms with Gasteiger partial charge in [0, 0.05) is 17.9 Å². The summed E-state index contributed by atoms with van der Waals surface area (Å²) in [6.07, 6.45) is 0.161. The van der Waals surface area contributed by atoms with E-state index in [0.29, 0.717) is 13.0 Å². The second-order valence-corrected chi connectivity index (χ2v) is 4.87. The van der Waals surface area contributed by atoms with Crippen LogP contribution < -0.4 is 10.2 Å². The minimum absolute atomic E-state index is 0.177. The van der Waals surface area contributed by atoms with E-state index in [1.165, 1.54) is 0 Å². The highest BCUT2D eigenvalue weighted by molar-refractivity contribution is 9.10. The van der Waals surface area contributed by atoms with E-state index in [1.807, 2.05) is 30.1 Å². The molecule has 0 aromatic heterocycles. The Morgan fingerprint density at radius 3 is 3.12 bits per heavy atom. The van der Waals surface area contributed by atoms with Crippen molar-refractivity contribution in [3.05, 3.63) is 22.7 Å². The summed E-state index contributed by atoms with van der Waals surface area (Å²) in [6.45, 7) is 2.40. The SMILES string of the molecule is CCC(=O)O[C@H]1CNc2cc(Br)ccc2N1C. The third kappa shape index (κ3) is 2.54. The molecule has 1 N–H and O–H groups in total. The van der Waals surface area contributed by atoms with Crippen molar-refractivity contribution in [2.24, 2.45) is 0 Å². The van der Waals surface area contributed by atoms with Crippen molar-refractivity contribution in [3.8, 4) is 0 Å². The minimum Gasteiger partial charge on any atom is -0.440 e. The van der Waals surface area contributed by atoms with Gasteiger partial charge in [0.25, 0.3) is 0 Å². The first-order valence-electron chi connectivity index (χ1n) is 5.57. The van der Waals surface area contributed by atoms with Gasteiger partial charge in [-0.2, -0.15) is 0 Å². The lowest BCUT2D eigenvalue weighted by Crippen LogP contribution is -2.44. The van der Waals surface area contributed by atoms with E-state index in [9.17, 15) is 4.79 Å². The first-order valence-corrected chi connectivity index (χ1v) is 6.37. The molecule has 0 spiro atoms. The van der Waals surface area contributed by atoms with E-state index in [0.717, 1.165) is 15.8 Å². The number of likely N-dealkylation sites (N-methyl/N-ethyl adjacent to an activating group) is 1. The summed E-state index contributed by atoms with van der Waals surface area (Å²) in [6, 6.07) is 5.99. The Morgan fingerprint density at radius 2 is 2.41 bits per heavy atom. The van der Waals surface area contributed by atoms with Gasteiger partial charge in [0.05, 0.1) is 17.9 Å². The molecule has 0 fully saturated rings. The summed E-state index contributed by atoms with van der Waals surface area (Å²) in [5, 5.41) is 3.26. The maximum atomic E-state index is 11.3. The number of carbonyl (C=O) groups is 1. The minimum atomic E-state index is -0.240. The second-order valence-electron chi connectivity index (χ2n) is 3.95. The molecule has 4 nitrogen and oxygen atoms in total. The number of nitrogens with zero attached hydrogens (tertiary/aromatic N) is 1. The molecular formula is C12H15BrN2O2. The summed E-state index contributed by atoms with van der Waals surface area (Å²) in [5.41, 5.74) is 2.08. The van der Waals surface area contributed by atoms with Gasteiger partial charge in [-0.15, -0.1) is 0 Å². The lowest BCUT2D eigenvalue weighted by atomic mass is 10.2. The topological polar surface area (TPSA) is 41.6 Å². The van der Waals surface area contributed by atoms with Gasteiger partial charge >= 0.3 is 5.97 Å². The van der Waals surface area contributed by atoms with Gasteiger partial charge in [0.1, 0.15) is 0 Å². The number of benzene rings is 1. The van der Waals surface area contributed by atoms with Gasteiger partial charge in [0.15, 0.2) is 6.23 Å². The maximum absolute atomic E-state index is 11.3. The Labute approximate surface area is 109 Å². The molecule has 0 bridgehead atoms. The van der Waals surface area contributed by atoms with Gasteiger partial charge in [-0.05, 0) is 18.2 Å². The third-order valence-corrected chi connectivity index (χ3v) is 3.29. The van der Waals surface area contributed by atoms with Crippen molar-refractivity contribution in [2.75, 3.05) is 23.8 Å². The number of fused-ring (bicyclic) bond motifs is 1. The van der Waals surface area contributed by atoms with Crippen LogP contribution in [0.3, 0.4) is 0 Å². The average Bonchev–Trinajstić information content (AvgIpc) is 2.32. The van der Waals surface area contributed by atoms with Crippen LogP contribution in [0.15, 0.2) is 22.7 Å². The van der Waals surface area contributed by atoms with Crippen molar-refractivity contribution < 1.29 is 9.53 Å². The molecule has 2 rings (SSSR count). The van der Waals surface area contributed by atoms with E-state index >= 15 is 0 Å². The van der Waals surface area contributed by atoms with Crippen LogP contribution in [-0.2, 0) is 9.53 Å². The number of hydrogen-bond donors (Lipinski definition) is 1. The number of hydrogen-bond acceptors (Lipinski definition) is 4. The van der Waals surface area contributed by atoms with Crippen molar-refractivity contribution in [1.29, 1.82) is 0 Å². The zero-order chi connectivity index (χ0) is 12.4. The van der Waals surface area contributed by atoms with E-state index in [-0.39, 0.29) is 12.2 Å². The van der Waals surface area contributed by atoms with Crippen LogP contribution >= 0.6 is 15.9 Å². The number of anilines is 2. The van der Waals surface area contributed by atoms with Crippen LogP contribution in [0.5, 0.6) is 0 Å². The summed E-state index contributed by atoms with van der Waals surface area (Å²) < 4.78 is 6.38. The third-order valence-electron chi connectivity index (χ3n) is 2.79. The molecule has 0 radical (unpaired) electrons. The fraction of sp³-hybridized carbons (Fsp3) is 0.417. The number of rotatable bonds is 2. The molecule has 0 amide bonds. The first-order chi connectivity index (χ1) is 8.11. The van der Waals surface area contributed by atoms with Crippen LogP contribution in [0.2, 0.25) is 0 Å². The predicted octanol–water partition coefficient (Wildman–Crippen LogP) is 2.59. The van der Waals surface area contributed by atoms with E-state index in [1.54, 1.807) is 6.92 Å². The standard InChI is InChI=1S/C12H15BrN2O2/c1-3-12(16)17-11-7-14-9-6-8(13)4-5-10(9)15(11)2/h4-6,11,14H,3,7H2,1-2H3/t11-/m0/s1. The van der Waals surface area contributed by atoms with Crippen molar-refractivity contribution >= 4 is 33.3 Å².